The zero-order valence-corrected chi connectivity index (χ0v) is 26.0. The summed E-state index contributed by atoms with van der Waals surface area (Å²) in [5, 5.41) is 8.53. The zero-order chi connectivity index (χ0) is 28.0. The van der Waals surface area contributed by atoms with Crippen molar-refractivity contribution in [1.29, 1.82) is 0 Å². The zero-order valence-electron chi connectivity index (χ0n) is 23.2. The van der Waals surface area contributed by atoms with Crippen LogP contribution < -0.4 is 45.8 Å². The molecule has 3 unspecified atom stereocenters. The maximum atomic E-state index is 12.2. The van der Waals surface area contributed by atoms with E-state index in [1.807, 2.05) is 19.1 Å². The second kappa shape index (κ2) is 18.3. The summed E-state index contributed by atoms with van der Waals surface area (Å²) >= 11 is 0. The molecular formula is C28H40N3NaO6S. The molecule has 0 radical (unpaired) electrons. The van der Waals surface area contributed by atoms with Gasteiger partial charge in [0.2, 0.25) is 0 Å². The van der Waals surface area contributed by atoms with E-state index in [1.165, 1.54) is 0 Å². The molecule has 9 nitrogen and oxygen atoms in total. The molecule has 0 bridgehead atoms. The first-order valence-electron chi connectivity index (χ1n) is 12.9. The molecule has 0 saturated heterocycles. The van der Waals surface area contributed by atoms with Gasteiger partial charge in [0.1, 0.15) is 17.6 Å². The molecule has 0 amide bonds. The first kappa shape index (κ1) is 34.9. The molecule has 210 valence electrons. The van der Waals surface area contributed by atoms with Crippen LogP contribution in [0.25, 0.3) is 0 Å². The molecule has 2 rings (SSSR count). The van der Waals surface area contributed by atoms with E-state index in [-0.39, 0.29) is 66.8 Å². The second-order valence-electron chi connectivity index (χ2n) is 9.14. The third-order valence-electron chi connectivity index (χ3n) is 6.26. The quantitative estimate of drug-likeness (QED) is 0.0648. The van der Waals surface area contributed by atoms with Crippen molar-refractivity contribution >= 4 is 16.1 Å². The number of allylic oxidation sites excluding steroid dienone is 1. The van der Waals surface area contributed by atoms with Gasteiger partial charge in [0.25, 0.3) is 0 Å². The van der Waals surface area contributed by atoms with Gasteiger partial charge in [-0.05, 0) is 67.0 Å². The number of aliphatic imine (C=N–C) groups is 1. The number of aromatic hydroxyl groups is 1. The molecule has 39 heavy (non-hydrogen) atoms. The molecule has 3 atom stereocenters. The molecule has 0 heterocycles. The van der Waals surface area contributed by atoms with Gasteiger partial charge in [-0.25, -0.2) is 13.4 Å². The van der Waals surface area contributed by atoms with Crippen LogP contribution in [0.3, 0.4) is 0 Å². The average molecular weight is 570 g/mol. The Labute approximate surface area is 254 Å². The maximum Gasteiger partial charge on any atom is 1.00 e. The number of ether oxygens (including phenoxy) is 2. The molecule has 0 aliphatic carbocycles. The van der Waals surface area contributed by atoms with E-state index in [9.17, 15) is 18.1 Å². The summed E-state index contributed by atoms with van der Waals surface area (Å²) in [6.07, 6.45) is 7.06. The minimum atomic E-state index is -4.54. The van der Waals surface area contributed by atoms with Gasteiger partial charge >= 0.3 is 29.6 Å². The largest absolute Gasteiger partial charge is 1.00 e. The van der Waals surface area contributed by atoms with Crippen molar-refractivity contribution in [2.45, 2.75) is 69.6 Å². The van der Waals surface area contributed by atoms with Crippen molar-refractivity contribution in [2.24, 2.45) is 16.5 Å². The average Bonchev–Trinajstić information content (AvgIpc) is 2.87. The van der Waals surface area contributed by atoms with Gasteiger partial charge in [0.05, 0.1) is 15.4 Å². The number of nitrogens with zero attached hydrogens (tertiary/aromatic N) is 1. The monoisotopic (exact) mass is 569 g/mol. The SMILES string of the molecule is CCCCCOC(C=CCC(CC(CC)c1ccc(OCN=C(N)N)cc1)S(=O)(=O)[O-])c1ccc(O)cc1.[Na+]. The molecule has 11 heteroatoms. The van der Waals surface area contributed by atoms with Crippen LogP contribution in [0, 0.1) is 0 Å². The number of rotatable bonds is 17. The van der Waals surface area contributed by atoms with Crippen molar-refractivity contribution in [3.8, 4) is 11.5 Å². The molecule has 2 aromatic rings. The number of phenolic OH excluding ortho intramolecular Hbond substituents is 1. The van der Waals surface area contributed by atoms with Crippen molar-refractivity contribution < 1.29 is 57.1 Å². The summed E-state index contributed by atoms with van der Waals surface area (Å²) in [4.78, 5) is 3.77. The molecule has 0 spiro atoms. The molecule has 5 N–H and O–H groups in total. The smallest absolute Gasteiger partial charge is 0.748 e. The van der Waals surface area contributed by atoms with Crippen LogP contribution in [0.2, 0.25) is 0 Å². The van der Waals surface area contributed by atoms with Gasteiger partial charge in [-0.1, -0.05) is 63.1 Å². The molecule has 0 aliphatic rings. The van der Waals surface area contributed by atoms with Crippen molar-refractivity contribution in [1.82, 2.24) is 0 Å². The fraction of sp³-hybridized carbons (Fsp3) is 0.464. The number of phenols is 1. The van der Waals surface area contributed by atoms with Gasteiger partial charge in [-0.3, -0.25) is 0 Å². The number of hydrogen-bond donors (Lipinski definition) is 3. The van der Waals surface area contributed by atoms with Gasteiger partial charge in [0, 0.05) is 6.61 Å². The van der Waals surface area contributed by atoms with Crippen molar-refractivity contribution in [3.63, 3.8) is 0 Å². The Balaban J connectivity index is 0.00000760. The van der Waals surface area contributed by atoms with Crippen LogP contribution in [0.1, 0.15) is 75.5 Å². The normalized spacial score (nSPS) is 13.8. The summed E-state index contributed by atoms with van der Waals surface area (Å²) < 4.78 is 48.0. The summed E-state index contributed by atoms with van der Waals surface area (Å²) in [6.45, 7) is 4.62. The van der Waals surface area contributed by atoms with Crippen LogP contribution in [0.4, 0.5) is 0 Å². The van der Waals surface area contributed by atoms with Crippen molar-refractivity contribution in [3.05, 3.63) is 71.8 Å². The minimum Gasteiger partial charge on any atom is -0.748 e. The minimum absolute atomic E-state index is 0. The van der Waals surface area contributed by atoms with E-state index in [0.717, 1.165) is 30.4 Å². The molecule has 2 aromatic carbocycles. The Hall–Kier alpha value is -2.08. The second-order valence-corrected chi connectivity index (χ2v) is 10.8. The molecular weight excluding hydrogens is 529 g/mol. The van der Waals surface area contributed by atoms with E-state index in [1.54, 1.807) is 48.6 Å². The van der Waals surface area contributed by atoms with E-state index in [0.29, 0.717) is 18.8 Å². The van der Waals surface area contributed by atoms with Crippen molar-refractivity contribution in [2.75, 3.05) is 13.3 Å². The van der Waals surface area contributed by atoms with E-state index in [2.05, 4.69) is 11.9 Å². The molecule has 0 fully saturated rings. The predicted molar refractivity (Wildman–Crippen MR) is 149 cm³/mol. The number of benzene rings is 2. The number of guanidine groups is 1. The third kappa shape index (κ3) is 13.2. The number of unbranched alkanes of at least 4 members (excludes halogenated alkanes) is 2. The topological polar surface area (TPSA) is 160 Å². The van der Waals surface area contributed by atoms with Gasteiger partial charge in [-0.15, -0.1) is 0 Å². The Morgan fingerprint density at radius 1 is 1.05 bits per heavy atom. The van der Waals surface area contributed by atoms with Gasteiger partial charge < -0.3 is 30.6 Å². The Kier molecular flexibility index (Phi) is 16.4. The summed E-state index contributed by atoms with van der Waals surface area (Å²) in [6, 6.07) is 13.9. The van der Waals surface area contributed by atoms with Gasteiger partial charge in [0.15, 0.2) is 12.7 Å². The standard InChI is InChI=1S/C28H41N3O6S.Na/c1-3-5-6-18-36-27(23-10-14-24(32)15-11-23)9-7-8-26(38(33,34)35)19-21(4-2)22-12-16-25(17-13-22)37-20-31-28(29)30;/h7,9-17,21,26-27,32H,3-6,8,18-20H2,1-2H3,(H4,29,30,31)(H,33,34,35);/q;+1/p-1. The molecule has 0 saturated carbocycles. The first-order valence-corrected chi connectivity index (χ1v) is 14.4. The predicted octanol–water partition coefficient (Wildman–Crippen LogP) is 1.70. The van der Waals surface area contributed by atoms with Crippen LogP contribution in [0.15, 0.2) is 65.7 Å². The fourth-order valence-electron chi connectivity index (χ4n) is 4.05. The summed E-state index contributed by atoms with van der Waals surface area (Å²) in [5.41, 5.74) is 12.3. The van der Waals surface area contributed by atoms with E-state index in [4.69, 9.17) is 20.9 Å². The number of nitrogens with two attached hydrogens (primary N) is 2. The summed E-state index contributed by atoms with van der Waals surface area (Å²) in [7, 11) is -4.54. The Morgan fingerprint density at radius 3 is 2.26 bits per heavy atom. The van der Waals surface area contributed by atoms with Crippen LogP contribution in [0.5, 0.6) is 11.5 Å². The van der Waals surface area contributed by atoms with Gasteiger partial charge in [-0.2, -0.15) is 0 Å². The summed E-state index contributed by atoms with van der Waals surface area (Å²) in [5.74, 6) is 0.536. The Bertz CT molecular complexity index is 1120. The maximum absolute atomic E-state index is 12.2. The van der Waals surface area contributed by atoms with E-state index < -0.39 is 21.5 Å². The third-order valence-corrected chi connectivity index (χ3v) is 7.46. The number of hydrogen-bond acceptors (Lipinski definition) is 7. The first-order chi connectivity index (χ1) is 18.1. The van der Waals surface area contributed by atoms with Crippen LogP contribution in [-0.4, -0.2) is 42.6 Å². The fourth-order valence-corrected chi connectivity index (χ4v) is 4.86. The van der Waals surface area contributed by atoms with Crippen LogP contribution >= 0.6 is 0 Å². The van der Waals surface area contributed by atoms with Crippen LogP contribution in [-0.2, 0) is 14.9 Å². The Morgan fingerprint density at radius 2 is 1.69 bits per heavy atom. The molecule has 0 aliphatic heterocycles. The molecule has 0 aromatic heterocycles. The van der Waals surface area contributed by atoms with E-state index >= 15 is 0 Å².